The third-order valence-corrected chi connectivity index (χ3v) is 5.63. The van der Waals surface area contributed by atoms with Crippen LogP contribution in [0.1, 0.15) is 45.2 Å². The Labute approximate surface area is 156 Å². The van der Waals surface area contributed by atoms with Crippen molar-refractivity contribution in [2.45, 2.75) is 18.2 Å². The van der Waals surface area contributed by atoms with Gasteiger partial charge in [-0.3, -0.25) is 14.4 Å². The molecule has 140 valence electrons. The molecule has 1 aliphatic rings. The third-order valence-electron chi connectivity index (χ3n) is 4.13. The Morgan fingerprint density at radius 2 is 1.59 bits per heavy atom. The second kappa shape index (κ2) is 7.42. The number of rotatable bonds is 6. The molecule has 8 heteroatoms. The van der Waals surface area contributed by atoms with E-state index in [0.29, 0.717) is 0 Å². The molecule has 0 radical (unpaired) electrons. The second-order valence-corrected chi connectivity index (χ2v) is 7.57. The summed E-state index contributed by atoms with van der Waals surface area (Å²) in [6, 6.07) is 10.4. The summed E-state index contributed by atoms with van der Waals surface area (Å²) in [6.07, 6.45) is -0.141. The minimum Gasteiger partial charge on any atom is -0.466 e. The van der Waals surface area contributed by atoms with E-state index in [1.54, 1.807) is 19.1 Å². The van der Waals surface area contributed by atoms with Gasteiger partial charge < -0.3 is 4.74 Å². The van der Waals surface area contributed by atoms with Crippen molar-refractivity contribution in [3.8, 4) is 0 Å². The van der Waals surface area contributed by atoms with Crippen LogP contribution in [0.15, 0.2) is 47.4 Å². The van der Waals surface area contributed by atoms with Gasteiger partial charge in [-0.15, -0.1) is 0 Å². The molecule has 0 saturated carbocycles. The van der Waals surface area contributed by atoms with E-state index in [0.717, 1.165) is 0 Å². The van der Waals surface area contributed by atoms with Crippen molar-refractivity contribution in [1.82, 2.24) is 4.72 Å². The fourth-order valence-electron chi connectivity index (χ4n) is 2.94. The highest BCUT2D eigenvalue weighted by Crippen LogP contribution is 2.31. The van der Waals surface area contributed by atoms with Gasteiger partial charge in [-0.25, -0.2) is 13.1 Å². The quantitative estimate of drug-likeness (QED) is 0.645. The van der Waals surface area contributed by atoms with Crippen LogP contribution in [-0.4, -0.2) is 39.1 Å². The SMILES string of the molecule is CCOC(=O)CCNS(=O)(=O)c1cccc2c1C(=O)c1ccccc1C2=O. The number of fused-ring (bicyclic) bond motifs is 2. The predicted octanol–water partition coefficient (Wildman–Crippen LogP) is 1.69. The van der Waals surface area contributed by atoms with Gasteiger partial charge in [-0.05, 0) is 13.0 Å². The van der Waals surface area contributed by atoms with Crippen LogP contribution in [0, 0.1) is 0 Å². The highest BCUT2D eigenvalue weighted by molar-refractivity contribution is 7.89. The summed E-state index contributed by atoms with van der Waals surface area (Å²) < 4.78 is 32.4. The van der Waals surface area contributed by atoms with E-state index < -0.39 is 27.6 Å². The molecule has 7 nitrogen and oxygen atoms in total. The lowest BCUT2D eigenvalue weighted by molar-refractivity contribution is -0.142. The molecule has 3 rings (SSSR count). The van der Waals surface area contributed by atoms with Crippen LogP contribution in [0.25, 0.3) is 0 Å². The number of ether oxygens (including phenoxy) is 1. The predicted molar refractivity (Wildman–Crippen MR) is 96.2 cm³/mol. The molecule has 0 bridgehead atoms. The monoisotopic (exact) mass is 387 g/mol. The molecule has 0 aliphatic heterocycles. The molecule has 1 N–H and O–H groups in total. The summed E-state index contributed by atoms with van der Waals surface area (Å²) in [7, 11) is -4.10. The number of ketones is 2. The van der Waals surface area contributed by atoms with Gasteiger partial charge >= 0.3 is 5.97 Å². The van der Waals surface area contributed by atoms with Crippen molar-refractivity contribution in [1.29, 1.82) is 0 Å². The van der Waals surface area contributed by atoms with Crippen LogP contribution in [0.2, 0.25) is 0 Å². The van der Waals surface area contributed by atoms with E-state index in [1.807, 2.05) is 0 Å². The van der Waals surface area contributed by atoms with Crippen molar-refractivity contribution in [2.24, 2.45) is 0 Å². The maximum Gasteiger partial charge on any atom is 0.307 e. The molecule has 0 unspecified atom stereocenters. The van der Waals surface area contributed by atoms with Gasteiger partial charge in [-0.2, -0.15) is 0 Å². The standard InChI is InChI=1S/C19H17NO6S/c1-2-26-16(21)10-11-20-27(24,25)15-9-5-8-14-17(15)19(23)13-7-4-3-6-12(13)18(14)22/h3-9,20H,2,10-11H2,1H3. The molecule has 2 aromatic carbocycles. The normalized spacial score (nSPS) is 13.1. The smallest absolute Gasteiger partial charge is 0.307 e. The Hall–Kier alpha value is -2.84. The lowest BCUT2D eigenvalue weighted by Crippen LogP contribution is -2.30. The number of nitrogens with one attached hydrogen (secondary N) is 1. The number of carbonyl (C=O) groups excluding carboxylic acids is 3. The zero-order chi connectivity index (χ0) is 19.6. The zero-order valence-electron chi connectivity index (χ0n) is 14.5. The van der Waals surface area contributed by atoms with Gasteiger partial charge in [0.05, 0.1) is 23.5 Å². The van der Waals surface area contributed by atoms with Gasteiger partial charge in [0.1, 0.15) is 0 Å². The summed E-state index contributed by atoms with van der Waals surface area (Å²) in [6.45, 7) is 1.68. The van der Waals surface area contributed by atoms with E-state index in [9.17, 15) is 22.8 Å². The van der Waals surface area contributed by atoms with Gasteiger partial charge in [0, 0.05) is 23.2 Å². The fourth-order valence-corrected chi connectivity index (χ4v) is 4.19. The van der Waals surface area contributed by atoms with Crippen molar-refractivity contribution in [3.63, 3.8) is 0 Å². The molecular weight excluding hydrogens is 370 g/mol. The molecular formula is C19H17NO6S. The number of benzene rings is 2. The Morgan fingerprint density at radius 3 is 2.26 bits per heavy atom. The summed E-state index contributed by atoms with van der Waals surface area (Å²) >= 11 is 0. The Kier molecular flexibility index (Phi) is 5.20. The molecule has 0 aromatic heterocycles. The van der Waals surface area contributed by atoms with Crippen LogP contribution in [0.4, 0.5) is 0 Å². The molecule has 2 aromatic rings. The van der Waals surface area contributed by atoms with Gasteiger partial charge in [0.15, 0.2) is 11.6 Å². The van der Waals surface area contributed by atoms with Crippen molar-refractivity contribution < 1.29 is 27.5 Å². The molecule has 0 amide bonds. The third kappa shape index (κ3) is 3.54. The minimum absolute atomic E-state index is 0.0481. The van der Waals surface area contributed by atoms with Crippen LogP contribution >= 0.6 is 0 Å². The number of sulfonamides is 1. The average Bonchev–Trinajstić information content (AvgIpc) is 2.65. The Morgan fingerprint density at radius 1 is 0.963 bits per heavy atom. The maximum absolute atomic E-state index is 12.9. The number of esters is 1. The molecule has 0 fully saturated rings. The lowest BCUT2D eigenvalue weighted by Gasteiger charge is -2.20. The average molecular weight is 387 g/mol. The van der Waals surface area contributed by atoms with Crippen LogP contribution in [0.5, 0.6) is 0 Å². The lowest BCUT2D eigenvalue weighted by atomic mass is 9.84. The first-order chi connectivity index (χ1) is 12.9. The van der Waals surface area contributed by atoms with E-state index >= 15 is 0 Å². The summed E-state index contributed by atoms with van der Waals surface area (Å²) in [5, 5.41) is 0. The van der Waals surface area contributed by atoms with Crippen LogP contribution in [-0.2, 0) is 19.6 Å². The topological polar surface area (TPSA) is 107 Å². The van der Waals surface area contributed by atoms with E-state index in [4.69, 9.17) is 4.74 Å². The van der Waals surface area contributed by atoms with Gasteiger partial charge in [0.2, 0.25) is 10.0 Å². The highest BCUT2D eigenvalue weighted by Gasteiger charge is 2.34. The molecule has 27 heavy (non-hydrogen) atoms. The first-order valence-electron chi connectivity index (χ1n) is 8.33. The summed E-state index contributed by atoms with van der Waals surface area (Å²) in [5.74, 6) is -1.45. The number of carbonyl (C=O) groups is 3. The van der Waals surface area contributed by atoms with Crippen LogP contribution < -0.4 is 4.72 Å². The Balaban J connectivity index is 1.96. The van der Waals surface area contributed by atoms with E-state index in [1.165, 1.54) is 30.3 Å². The molecule has 0 heterocycles. The summed E-state index contributed by atoms with van der Waals surface area (Å²) in [4.78, 5) is 36.6. The minimum atomic E-state index is -4.10. The Bertz CT molecular complexity index is 1040. The van der Waals surface area contributed by atoms with Gasteiger partial charge in [0.25, 0.3) is 0 Å². The molecule has 0 saturated heterocycles. The van der Waals surface area contributed by atoms with Crippen molar-refractivity contribution in [2.75, 3.05) is 13.2 Å². The van der Waals surface area contributed by atoms with E-state index in [-0.39, 0.29) is 46.7 Å². The van der Waals surface area contributed by atoms with Crippen molar-refractivity contribution >= 4 is 27.6 Å². The number of hydrogen-bond donors (Lipinski definition) is 1. The number of hydrogen-bond acceptors (Lipinski definition) is 6. The molecule has 0 spiro atoms. The summed E-state index contributed by atoms with van der Waals surface area (Å²) in [5.41, 5.74) is 0.320. The first kappa shape index (κ1) is 18.9. The highest BCUT2D eigenvalue weighted by atomic mass is 32.2. The second-order valence-electron chi connectivity index (χ2n) is 5.84. The molecule has 1 aliphatic carbocycles. The first-order valence-corrected chi connectivity index (χ1v) is 9.82. The van der Waals surface area contributed by atoms with Gasteiger partial charge in [-0.1, -0.05) is 36.4 Å². The molecule has 0 atom stereocenters. The van der Waals surface area contributed by atoms with Crippen LogP contribution in [0.3, 0.4) is 0 Å². The van der Waals surface area contributed by atoms with E-state index in [2.05, 4.69) is 4.72 Å². The van der Waals surface area contributed by atoms with Crippen molar-refractivity contribution in [3.05, 3.63) is 64.7 Å². The zero-order valence-corrected chi connectivity index (χ0v) is 15.3. The fraction of sp³-hybridized carbons (Fsp3) is 0.211. The largest absolute Gasteiger partial charge is 0.466 e. The maximum atomic E-state index is 12.9.